The Kier molecular flexibility index (Phi) is 4.90. The third-order valence-corrected chi connectivity index (χ3v) is 3.66. The van der Waals surface area contributed by atoms with E-state index in [1.165, 1.54) is 12.3 Å². The molecule has 3 rings (SSSR count). The Morgan fingerprint density at radius 2 is 1.72 bits per heavy atom. The van der Waals surface area contributed by atoms with Gasteiger partial charge in [0.25, 0.3) is 5.91 Å². The second-order valence-electron chi connectivity index (χ2n) is 5.12. The van der Waals surface area contributed by atoms with Crippen LogP contribution in [0.4, 0.5) is 26.0 Å². The van der Waals surface area contributed by atoms with Crippen molar-refractivity contribution in [3.8, 4) is 0 Å². The fourth-order valence-corrected chi connectivity index (χ4v) is 2.33. The molecule has 0 spiro atoms. The Hall–Kier alpha value is -2.99. The van der Waals surface area contributed by atoms with Crippen LogP contribution in [0.2, 0.25) is 5.02 Å². The van der Waals surface area contributed by atoms with Crippen LogP contribution in [0.1, 0.15) is 10.4 Å². The number of rotatable bonds is 4. The molecule has 0 unspecified atom stereocenters. The molecule has 0 aliphatic heterocycles. The molecule has 0 aliphatic rings. The van der Waals surface area contributed by atoms with Gasteiger partial charge in [0.15, 0.2) is 11.6 Å². The number of hydrogen-bond donors (Lipinski definition) is 2. The molecule has 0 atom stereocenters. The van der Waals surface area contributed by atoms with Gasteiger partial charge in [-0.05, 0) is 36.4 Å². The van der Waals surface area contributed by atoms with Gasteiger partial charge >= 0.3 is 0 Å². The summed E-state index contributed by atoms with van der Waals surface area (Å²) in [6, 6.07) is 13.4. The van der Waals surface area contributed by atoms with E-state index in [0.717, 1.165) is 12.1 Å². The Labute approximate surface area is 147 Å². The number of amides is 1. The smallest absolute Gasteiger partial charge is 0.257 e. The summed E-state index contributed by atoms with van der Waals surface area (Å²) in [4.78, 5) is 16.3. The number of hydrogen-bond acceptors (Lipinski definition) is 3. The van der Waals surface area contributed by atoms with Crippen LogP contribution in [0.3, 0.4) is 0 Å². The Bertz CT molecular complexity index is 916. The number of benzene rings is 2. The van der Waals surface area contributed by atoms with Gasteiger partial charge < -0.3 is 10.6 Å². The van der Waals surface area contributed by atoms with Crippen LogP contribution >= 0.6 is 11.6 Å². The minimum Gasteiger partial charge on any atom is -0.340 e. The monoisotopic (exact) mass is 359 g/mol. The summed E-state index contributed by atoms with van der Waals surface area (Å²) in [5.74, 6) is -1.81. The molecular formula is C18H12ClF2N3O. The molecule has 1 aromatic heterocycles. The van der Waals surface area contributed by atoms with E-state index < -0.39 is 11.6 Å². The summed E-state index contributed by atoms with van der Waals surface area (Å²) in [5, 5.41) is 5.88. The van der Waals surface area contributed by atoms with Crippen molar-refractivity contribution in [2.75, 3.05) is 10.6 Å². The van der Waals surface area contributed by atoms with Crippen LogP contribution in [-0.2, 0) is 0 Å². The highest BCUT2D eigenvalue weighted by Gasteiger charge is 2.10. The predicted molar refractivity (Wildman–Crippen MR) is 93.3 cm³/mol. The Morgan fingerprint density at radius 3 is 2.40 bits per heavy atom. The number of carbonyl (C=O) groups excluding carboxylic acids is 1. The van der Waals surface area contributed by atoms with Crippen molar-refractivity contribution in [2.24, 2.45) is 0 Å². The van der Waals surface area contributed by atoms with E-state index in [9.17, 15) is 13.6 Å². The zero-order valence-electron chi connectivity index (χ0n) is 12.8. The first kappa shape index (κ1) is 16.9. The predicted octanol–water partition coefficient (Wildman–Crippen LogP) is 5.01. The van der Waals surface area contributed by atoms with Crippen LogP contribution in [0.15, 0.2) is 60.8 Å². The average molecular weight is 360 g/mol. The van der Waals surface area contributed by atoms with Gasteiger partial charge in [0.2, 0.25) is 0 Å². The van der Waals surface area contributed by atoms with Crippen molar-refractivity contribution in [1.82, 2.24) is 4.98 Å². The minimum atomic E-state index is -0.950. The highest BCUT2D eigenvalue weighted by atomic mass is 35.5. The van der Waals surface area contributed by atoms with Crippen molar-refractivity contribution in [3.63, 3.8) is 0 Å². The zero-order chi connectivity index (χ0) is 17.8. The molecular weight excluding hydrogens is 348 g/mol. The van der Waals surface area contributed by atoms with Gasteiger partial charge in [0.1, 0.15) is 5.82 Å². The first-order valence-electron chi connectivity index (χ1n) is 7.27. The zero-order valence-corrected chi connectivity index (χ0v) is 13.5. The Morgan fingerprint density at radius 1 is 0.960 bits per heavy atom. The topological polar surface area (TPSA) is 54.0 Å². The van der Waals surface area contributed by atoms with E-state index in [0.29, 0.717) is 27.8 Å². The number of nitrogens with one attached hydrogen (secondary N) is 2. The molecule has 25 heavy (non-hydrogen) atoms. The first-order chi connectivity index (χ1) is 12.0. The number of aromatic nitrogens is 1. The lowest BCUT2D eigenvalue weighted by Gasteiger charge is -2.09. The number of anilines is 3. The van der Waals surface area contributed by atoms with E-state index in [-0.39, 0.29) is 5.91 Å². The molecule has 0 bridgehead atoms. The number of pyridine rings is 1. The van der Waals surface area contributed by atoms with E-state index in [1.54, 1.807) is 36.4 Å². The van der Waals surface area contributed by atoms with Gasteiger partial charge in [0, 0.05) is 11.8 Å². The third kappa shape index (κ3) is 4.10. The normalized spacial score (nSPS) is 10.4. The Balaban J connectivity index is 1.69. The molecule has 0 aliphatic carbocycles. The maximum absolute atomic E-state index is 13.2. The van der Waals surface area contributed by atoms with E-state index in [4.69, 9.17) is 11.6 Å². The highest BCUT2D eigenvalue weighted by Crippen LogP contribution is 2.20. The lowest BCUT2D eigenvalue weighted by atomic mass is 10.2. The highest BCUT2D eigenvalue weighted by molar-refractivity contribution is 6.34. The lowest BCUT2D eigenvalue weighted by molar-refractivity contribution is 0.102. The van der Waals surface area contributed by atoms with Crippen LogP contribution in [-0.4, -0.2) is 10.9 Å². The lowest BCUT2D eigenvalue weighted by Crippen LogP contribution is -2.12. The maximum atomic E-state index is 13.2. The van der Waals surface area contributed by atoms with Gasteiger partial charge in [-0.1, -0.05) is 23.7 Å². The van der Waals surface area contributed by atoms with Gasteiger partial charge in [0.05, 0.1) is 22.5 Å². The van der Waals surface area contributed by atoms with E-state index >= 15 is 0 Å². The average Bonchev–Trinajstić information content (AvgIpc) is 2.60. The molecule has 2 aromatic carbocycles. The van der Waals surface area contributed by atoms with E-state index in [2.05, 4.69) is 15.6 Å². The standard InChI is InChI=1S/C18H12ClF2N3O/c19-14-4-2-1-3-13(14)18(25)24-12-6-8-17(22-10-12)23-11-5-7-15(20)16(21)9-11/h1-10H,(H,22,23)(H,24,25). The second kappa shape index (κ2) is 7.27. The van der Waals surface area contributed by atoms with Gasteiger partial charge in [-0.25, -0.2) is 13.8 Å². The van der Waals surface area contributed by atoms with Gasteiger partial charge in [-0.15, -0.1) is 0 Å². The van der Waals surface area contributed by atoms with Crippen LogP contribution in [0.25, 0.3) is 0 Å². The fourth-order valence-electron chi connectivity index (χ4n) is 2.11. The van der Waals surface area contributed by atoms with Crippen LogP contribution < -0.4 is 10.6 Å². The van der Waals surface area contributed by atoms with Crippen molar-refractivity contribution >= 4 is 34.7 Å². The molecule has 0 saturated carbocycles. The minimum absolute atomic E-state index is 0.351. The quantitative estimate of drug-likeness (QED) is 0.688. The summed E-state index contributed by atoms with van der Waals surface area (Å²) < 4.78 is 26.1. The van der Waals surface area contributed by atoms with Gasteiger partial charge in [-0.2, -0.15) is 0 Å². The molecule has 1 amide bonds. The summed E-state index contributed by atoms with van der Waals surface area (Å²) in [5.41, 5.74) is 1.19. The van der Waals surface area contributed by atoms with Crippen molar-refractivity contribution in [3.05, 3.63) is 83.0 Å². The third-order valence-electron chi connectivity index (χ3n) is 3.33. The van der Waals surface area contributed by atoms with Crippen molar-refractivity contribution in [2.45, 2.75) is 0 Å². The summed E-state index contributed by atoms with van der Waals surface area (Å²) in [7, 11) is 0. The summed E-state index contributed by atoms with van der Waals surface area (Å²) in [6.07, 6.45) is 1.44. The molecule has 4 nitrogen and oxygen atoms in total. The van der Waals surface area contributed by atoms with E-state index in [1.807, 2.05) is 0 Å². The fraction of sp³-hybridized carbons (Fsp3) is 0. The van der Waals surface area contributed by atoms with Crippen molar-refractivity contribution in [1.29, 1.82) is 0 Å². The first-order valence-corrected chi connectivity index (χ1v) is 7.65. The number of nitrogens with zero attached hydrogens (tertiary/aromatic N) is 1. The maximum Gasteiger partial charge on any atom is 0.257 e. The summed E-state index contributed by atoms with van der Waals surface area (Å²) in [6.45, 7) is 0. The van der Waals surface area contributed by atoms with Crippen LogP contribution in [0.5, 0.6) is 0 Å². The number of carbonyl (C=O) groups is 1. The SMILES string of the molecule is O=C(Nc1ccc(Nc2ccc(F)c(F)c2)nc1)c1ccccc1Cl. The molecule has 0 saturated heterocycles. The van der Waals surface area contributed by atoms with Crippen LogP contribution in [0, 0.1) is 11.6 Å². The second-order valence-corrected chi connectivity index (χ2v) is 5.53. The largest absolute Gasteiger partial charge is 0.340 e. The number of halogens is 3. The molecule has 0 fully saturated rings. The molecule has 2 N–H and O–H groups in total. The summed E-state index contributed by atoms with van der Waals surface area (Å²) >= 11 is 5.98. The van der Waals surface area contributed by atoms with Crippen molar-refractivity contribution < 1.29 is 13.6 Å². The molecule has 126 valence electrons. The molecule has 0 radical (unpaired) electrons. The molecule has 3 aromatic rings. The molecule has 1 heterocycles. The van der Waals surface area contributed by atoms with Gasteiger partial charge in [-0.3, -0.25) is 4.79 Å². The molecule has 7 heteroatoms.